The fraction of sp³-hybridized carbons (Fsp3) is 0.493. The summed E-state index contributed by atoms with van der Waals surface area (Å²) >= 11 is 0. The normalized spacial score (nSPS) is 13.8. The molecule has 0 heterocycles. The first kappa shape index (κ1) is 66.7. The van der Waals surface area contributed by atoms with Crippen molar-refractivity contribution in [2.24, 2.45) is 0 Å². The Labute approximate surface area is 441 Å². The number of aliphatic hydroxyl groups is 1. The first-order valence-corrected chi connectivity index (χ1v) is 28.0. The third-order valence-electron chi connectivity index (χ3n) is 10.9. The Morgan fingerprint density at radius 2 is 0.556 bits per heavy atom. The molecule has 0 aliphatic rings. The van der Waals surface area contributed by atoms with E-state index < -0.39 is 6.10 Å². The molecule has 5 nitrogen and oxygen atoms in total. The first-order chi connectivity index (χ1) is 35.6. The van der Waals surface area contributed by atoms with E-state index in [9.17, 15) is 14.7 Å². The van der Waals surface area contributed by atoms with Crippen molar-refractivity contribution in [2.45, 2.75) is 200 Å². The molecule has 0 bridgehead atoms. The molecule has 0 saturated carbocycles. The van der Waals surface area contributed by atoms with Gasteiger partial charge in [0.05, 0.1) is 6.61 Å². The summed E-state index contributed by atoms with van der Waals surface area (Å²) in [5, 5.41) is 9.64. The average molecular weight is 986 g/mol. The lowest BCUT2D eigenvalue weighted by Crippen LogP contribution is -2.28. The highest BCUT2D eigenvalue weighted by Gasteiger charge is 2.16. The monoisotopic (exact) mass is 985 g/mol. The van der Waals surface area contributed by atoms with Crippen LogP contribution in [-0.4, -0.2) is 36.4 Å². The van der Waals surface area contributed by atoms with Gasteiger partial charge in [0.15, 0.2) is 6.10 Å². The second kappa shape index (κ2) is 60.0. The fourth-order valence-electron chi connectivity index (χ4n) is 6.76. The number of unbranched alkanes of at least 4 members (excludes halogenated alkanes) is 8. The maximum absolute atomic E-state index is 12.3. The van der Waals surface area contributed by atoms with Gasteiger partial charge in [0.1, 0.15) is 6.61 Å². The number of hydrogen-bond acceptors (Lipinski definition) is 5. The van der Waals surface area contributed by atoms with Crippen LogP contribution in [0.25, 0.3) is 0 Å². The zero-order valence-corrected chi connectivity index (χ0v) is 45.3. The Hall–Kier alpha value is -5.26. The largest absolute Gasteiger partial charge is 0.462 e. The molecule has 0 aromatic rings. The number of rotatable bonds is 48. The molecule has 1 N–H and O–H groups in total. The molecule has 398 valence electrons. The van der Waals surface area contributed by atoms with E-state index in [0.29, 0.717) is 12.8 Å². The third-order valence-corrected chi connectivity index (χ3v) is 10.9. The van der Waals surface area contributed by atoms with E-state index in [0.717, 1.165) is 167 Å². The van der Waals surface area contributed by atoms with E-state index in [4.69, 9.17) is 9.47 Å². The van der Waals surface area contributed by atoms with Gasteiger partial charge in [0.2, 0.25) is 0 Å². The van der Waals surface area contributed by atoms with Crippen molar-refractivity contribution < 1.29 is 24.2 Å². The van der Waals surface area contributed by atoms with E-state index in [2.05, 4.69) is 208 Å². The molecule has 0 spiro atoms. The highest BCUT2D eigenvalue weighted by molar-refractivity contribution is 5.70. The fourth-order valence-corrected chi connectivity index (χ4v) is 6.76. The molecule has 0 aromatic heterocycles. The van der Waals surface area contributed by atoms with E-state index in [1.807, 2.05) is 0 Å². The van der Waals surface area contributed by atoms with Gasteiger partial charge in [0, 0.05) is 12.8 Å². The van der Waals surface area contributed by atoms with Gasteiger partial charge < -0.3 is 14.6 Å². The Morgan fingerprint density at radius 1 is 0.319 bits per heavy atom. The molecule has 0 aliphatic heterocycles. The second-order valence-electron chi connectivity index (χ2n) is 17.5. The number of carbonyl (C=O) groups is 2. The topological polar surface area (TPSA) is 72.8 Å². The number of allylic oxidation sites excluding steroid dienone is 32. The van der Waals surface area contributed by atoms with Crippen LogP contribution in [0.15, 0.2) is 194 Å². The zero-order valence-electron chi connectivity index (χ0n) is 45.3. The number of esters is 2. The molecule has 1 unspecified atom stereocenters. The van der Waals surface area contributed by atoms with E-state index in [1.54, 1.807) is 0 Å². The van der Waals surface area contributed by atoms with Crippen LogP contribution < -0.4 is 0 Å². The van der Waals surface area contributed by atoms with Gasteiger partial charge in [-0.15, -0.1) is 0 Å². The molecule has 72 heavy (non-hydrogen) atoms. The Balaban J connectivity index is 3.73. The third kappa shape index (κ3) is 57.3. The predicted octanol–water partition coefficient (Wildman–Crippen LogP) is 19.3. The molecular formula is C67H100O5. The summed E-state index contributed by atoms with van der Waals surface area (Å²) in [6.07, 6.45) is 96.7. The summed E-state index contributed by atoms with van der Waals surface area (Å²) in [6.45, 7) is 3.85. The Bertz CT molecular complexity index is 1730. The van der Waals surface area contributed by atoms with Crippen molar-refractivity contribution in [3.05, 3.63) is 194 Å². The SMILES string of the molecule is CC/C=C\C/C=C\C/C=C\C/C=C\C/C=C\C/C=C\C/C=C\C/C=C\C/C=C\C/C=C\C/C=C\CCCCCC(=O)OC(CO)COC(=O)CCCCCCC/C=C\C/C=C\C/C=C\C/C=C\C/C=C\CC. The van der Waals surface area contributed by atoms with Crippen LogP contribution >= 0.6 is 0 Å². The zero-order chi connectivity index (χ0) is 52.0. The summed E-state index contributed by atoms with van der Waals surface area (Å²) in [7, 11) is 0. The minimum atomic E-state index is -0.815. The summed E-state index contributed by atoms with van der Waals surface area (Å²) < 4.78 is 10.6. The second-order valence-corrected chi connectivity index (χ2v) is 17.5. The number of aliphatic hydroxyl groups excluding tert-OH is 1. The lowest BCUT2D eigenvalue weighted by Gasteiger charge is -2.15. The summed E-state index contributed by atoms with van der Waals surface area (Å²) in [5.74, 6) is -0.670. The van der Waals surface area contributed by atoms with E-state index in [-0.39, 0.29) is 25.2 Å². The highest BCUT2D eigenvalue weighted by Crippen LogP contribution is 2.11. The smallest absolute Gasteiger partial charge is 0.306 e. The Morgan fingerprint density at radius 3 is 0.847 bits per heavy atom. The predicted molar refractivity (Wildman–Crippen MR) is 315 cm³/mol. The molecule has 0 fully saturated rings. The maximum atomic E-state index is 12.3. The summed E-state index contributed by atoms with van der Waals surface area (Å²) in [6, 6.07) is 0. The van der Waals surface area contributed by atoms with Crippen LogP contribution in [0, 0.1) is 0 Å². The van der Waals surface area contributed by atoms with Crippen LogP contribution in [-0.2, 0) is 19.1 Å². The molecule has 0 saturated heterocycles. The standard InChI is InChI=1S/C67H100O5/c1-3-5-7-9-11-13-15-17-19-21-23-25-26-27-28-29-30-31-32-33-34-35-36-37-38-39-40-42-44-46-48-50-52-54-56-58-60-62-67(70)72-65(63-68)64-71-66(69)61-59-57-55-53-51-49-47-45-43-41-24-22-20-18-16-14-12-10-8-6-4-2/h5-8,11-14,17-20,23-25,27-28,30-31,33-34,36-37,39-41,44-47,50,52,65,68H,3-4,9-10,15-16,21-22,26,29,32,35,38,42-43,48-49,51,53-64H2,1-2H3/b7-5-,8-6-,13-11-,14-12-,19-17-,20-18-,25-23-,28-27-,31-30-,34-33-,37-36-,40-39-,41-24-,46-44-,47-45-,52-50-. The van der Waals surface area contributed by atoms with Gasteiger partial charge in [-0.3, -0.25) is 9.59 Å². The van der Waals surface area contributed by atoms with E-state index in [1.165, 1.54) is 0 Å². The first-order valence-electron chi connectivity index (χ1n) is 28.0. The minimum Gasteiger partial charge on any atom is -0.462 e. The maximum Gasteiger partial charge on any atom is 0.306 e. The minimum absolute atomic E-state index is 0.104. The molecule has 0 radical (unpaired) electrons. The lowest BCUT2D eigenvalue weighted by atomic mass is 10.1. The molecule has 0 amide bonds. The van der Waals surface area contributed by atoms with Gasteiger partial charge in [-0.1, -0.05) is 234 Å². The highest BCUT2D eigenvalue weighted by atomic mass is 16.6. The van der Waals surface area contributed by atoms with Crippen LogP contribution in [0.2, 0.25) is 0 Å². The quantitative estimate of drug-likeness (QED) is 0.0374. The Kier molecular flexibility index (Phi) is 55.7. The molecule has 0 aliphatic carbocycles. The van der Waals surface area contributed by atoms with Gasteiger partial charge in [0.25, 0.3) is 0 Å². The van der Waals surface area contributed by atoms with Crippen molar-refractivity contribution in [3.8, 4) is 0 Å². The molecule has 0 aromatic carbocycles. The number of ether oxygens (including phenoxy) is 2. The summed E-state index contributed by atoms with van der Waals surface area (Å²) in [4.78, 5) is 24.5. The van der Waals surface area contributed by atoms with Crippen molar-refractivity contribution in [2.75, 3.05) is 13.2 Å². The van der Waals surface area contributed by atoms with Crippen molar-refractivity contribution in [1.82, 2.24) is 0 Å². The van der Waals surface area contributed by atoms with Gasteiger partial charge in [-0.2, -0.15) is 0 Å². The van der Waals surface area contributed by atoms with Crippen LogP contribution in [0.3, 0.4) is 0 Å². The number of carbonyl (C=O) groups excluding carboxylic acids is 2. The molecule has 0 rings (SSSR count). The van der Waals surface area contributed by atoms with Gasteiger partial charge >= 0.3 is 11.9 Å². The van der Waals surface area contributed by atoms with Crippen molar-refractivity contribution >= 4 is 11.9 Å². The van der Waals surface area contributed by atoms with Crippen LogP contribution in [0.4, 0.5) is 0 Å². The van der Waals surface area contributed by atoms with Crippen LogP contribution in [0.1, 0.15) is 194 Å². The van der Waals surface area contributed by atoms with Crippen LogP contribution in [0.5, 0.6) is 0 Å². The average Bonchev–Trinajstić information content (AvgIpc) is 3.38. The lowest BCUT2D eigenvalue weighted by molar-refractivity contribution is -0.161. The van der Waals surface area contributed by atoms with Gasteiger partial charge in [-0.25, -0.2) is 0 Å². The van der Waals surface area contributed by atoms with Crippen molar-refractivity contribution in [3.63, 3.8) is 0 Å². The molecule has 5 heteroatoms. The van der Waals surface area contributed by atoms with E-state index >= 15 is 0 Å². The van der Waals surface area contributed by atoms with Crippen molar-refractivity contribution in [1.29, 1.82) is 0 Å². The van der Waals surface area contributed by atoms with Gasteiger partial charge in [-0.05, 0) is 141 Å². The molecular weight excluding hydrogens is 885 g/mol. The summed E-state index contributed by atoms with van der Waals surface area (Å²) in [5.41, 5.74) is 0. The number of hydrogen-bond donors (Lipinski definition) is 1. The molecule has 1 atom stereocenters.